The lowest BCUT2D eigenvalue weighted by molar-refractivity contribution is -0.138. The molecule has 234 valence electrons. The van der Waals surface area contributed by atoms with Crippen molar-refractivity contribution in [1.82, 2.24) is 9.13 Å². The molecule has 0 saturated carbocycles. The third kappa shape index (κ3) is 5.79. The topological polar surface area (TPSA) is 65.6 Å². The second-order valence-corrected chi connectivity index (χ2v) is 13.0. The highest BCUT2D eigenvalue weighted by molar-refractivity contribution is 7.07. The summed E-state index contributed by atoms with van der Waals surface area (Å²) in [6, 6.07) is 35.7. The molecule has 1 aliphatic heterocycles. The van der Waals surface area contributed by atoms with Gasteiger partial charge in [-0.15, -0.1) is 0 Å². The second kappa shape index (κ2) is 12.9. The van der Waals surface area contributed by atoms with Crippen LogP contribution >= 0.6 is 11.3 Å². The Balaban J connectivity index is 1.45. The zero-order valence-electron chi connectivity index (χ0n) is 26.6. The second-order valence-electron chi connectivity index (χ2n) is 12.0. The number of aromatic nitrogens is 2. The lowest BCUT2D eigenvalue weighted by Gasteiger charge is -2.26. The molecule has 3 heterocycles. The highest BCUT2D eigenvalue weighted by atomic mass is 32.1. The summed E-state index contributed by atoms with van der Waals surface area (Å²) in [5, 5.41) is 1.06. The molecule has 4 aromatic carbocycles. The molecule has 0 bridgehead atoms. The summed E-state index contributed by atoms with van der Waals surface area (Å²) in [5.41, 5.74) is 6.72. The number of carbonyl (C=O) groups is 1. The van der Waals surface area contributed by atoms with Gasteiger partial charge in [0.1, 0.15) is 0 Å². The Hall–Kier alpha value is -5.27. The van der Waals surface area contributed by atoms with Gasteiger partial charge in [0.05, 0.1) is 28.5 Å². The number of rotatable bonds is 8. The largest absolute Gasteiger partial charge is 0.463 e. The maximum atomic E-state index is 14.5. The fraction of sp³-hybridized carbons (Fsp3) is 0.175. The van der Waals surface area contributed by atoms with E-state index in [1.54, 1.807) is 11.5 Å². The van der Waals surface area contributed by atoms with Crippen LogP contribution in [-0.4, -0.2) is 21.7 Å². The quantitative estimate of drug-likeness (QED) is 0.168. The minimum atomic E-state index is -0.705. The highest BCUT2D eigenvalue weighted by Crippen LogP contribution is 2.35. The number of nitrogens with zero attached hydrogens (tertiary/aromatic N) is 3. The van der Waals surface area contributed by atoms with Crippen molar-refractivity contribution in [2.24, 2.45) is 4.99 Å². The zero-order chi connectivity index (χ0) is 32.5. The van der Waals surface area contributed by atoms with Crippen molar-refractivity contribution >= 4 is 40.0 Å². The summed E-state index contributed by atoms with van der Waals surface area (Å²) in [6.45, 7) is 7.00. The van der Waals surface area contributed by atoms with Crippen LogP contribution in [0.15, 0.2) is 131 Å². The SMILES string of the molecule is CCOC(=O)C1=C(c2ccccc2)N=c2sc(=Cc3cn(Cc4ccccc4)c4ccccc34)c(=O)n2C1c1ccc(C(C)C)cc1. The van der Waals surface area contributed by atoms with E-state index in [0.717, 1.165) is 27.6 Å². The van der Waals surface area contributed by atoms with Crippen molar-refractivity contribution in [3.8, 4) is 0 Å². The van der Waals surface area contributed by atoms with E-state index < -0.39 is 12.0 Å². The number of para-hydroxylation sites is 1. The van der Waals surface area contributed by atoms with Crippen molar-refractivity contribution in [3.05, 3.63) is 168 Å². The molecule has 7 heteroatoms. The van der Waals surface area contributed by atoms with Gasteiger partial charge in [0.25, 0.3) is 5.56 Å². The Bertz CT molecular complexity index is 2290. The van der Waals surface area contributed by atoms with Gasteiger partial charge in [-0.05, 0) is 41.7 Å². The van der Waals surface area contributed by atoms with Crippen LogP contribution in [-0.2, 0) is 16.1 Å². The van der Waals surface area contributed by atoms with Gasteiger partial charge in [-0.3, -0.25) is 9.36 Å². The maximum Gasteiger partial charge on any atom is 0.338 e. The molecular weight excluding hydrogens is 603 g/mol. The first-order valence-corrected chi connectivity index (χ1v) is 16.7. The average Bonchev–Trinajstić information content (AvgIpc) is 3.60. The molecule has 0 saturated heterocycles. The number of thiazole rings is 1. The molecule has 0 radical (unpaired) electrons. The summed E-state index contributed by atoms with van der Waals surface area (Å²) >= 11 is 1.34. The van der Waals surface area contributed by atoms with Gasteiger partial charge in [-0.25, -0.2) is 9.79 Å². The molecule has 1 unspecified atom stereocenters. The molecule has 0 spiro atoms. The molecule has 0 fully saturated rings. The van der Waals surface area contributed by atoms with E-state index in [9.17, 15) is 9.59 Å². The number of fused-ring (bicyclic) bond motifs is 2. The monoisotopic (exact) mass is 637 g/mol. The van der Waals surface area contributed by atoms with Gasteiger partial charge in [0, 0.05) is 34.8 Å². The molecule has 0 aliphatic carbocycles. The summed E-state index contributed by atoms with van der Waals surface area (Å²) in [5.74, 6) is -0.138. The maximum absolute atomic E-state index is 14.5. The zero-order valence-corrected chi connectivity index (χ0v) is 27.4. The molecule has 1 atom stereocenters. The number of benzene rings is 4. The fourth-order valence-corrected chi connectivity index (χ4v) is 7.25. The van der Waals surface area contributed by atoms with Crippen LogP contribution in [0.4, 0.5) is 0 Å². The first kappa shape index (κ1) is 30.4. The third-order valence-corrected chi connectivity index (χ3v) is 9.58. The summed E-state index contributed by atoms with van der Waals surface area (Å²) < 4.78 is 10.1. The van der Waals surface area contributed by atoms with E-state index in [4.69, 9.17) is 9.73 Å². The number of carbonyl (C=O) groups excluding carboxylic acids is 1. The molecule has 2 aromatic heterocycles. The van der Waals surface area contributed by atoms with Gasteiger partial charge < -0.3 is 9.30 Å². The summed E-state index contributed by atoms with van der Waals surface area (Å²) in [7, 11) is 0. The van der Waals surface area contributed by atoms with Crippen LogP contribution in [0.2, 0.25) is 0 Å². The molecule has 6 nitrogen and oxygen atoms in total. The summed E-state index contributed by atoms with van der Waals surface area (Å²) in [4.78, 5) is 33.8. The van der Waals surface area contributed by atoms with E-state index in [2.05, 4.69) is 61.0 Å². The van der Waals surface area contributed by atoms with Gasteiger partial charge in [0.15, 0.2) is 4.80 Å². The van der Waals surface area contributed by atoms with Crippen molar-refractivity contribution in [1.29, 1.82) is 0 Å². The average molecular weight is 638 g/mol. The van der Waals surface area contributed by atoms with Gasteiger partial charge in [0.2, 0.25) is 0 Å². The van der Waals surface area contributed by atoms with Crippen LogP contribution in [0.3, 0.4) is 0 Å². The van der Waals surface area contributed by atoms with Crippen molar-refractivity contribution < 1.29 is 9.53 Å². The van der Waals surface area contributed by atoms with Crippen LogP contribution in [0.25, 0.3) is 22.7 Å². The van der Waals surface area contributed by atoms with E-state index in [0.29, 0.717) is 33.1 Å². The minimum Gasteiger partial charge on any atom is -0.463 e. The lowest BCUT2D eigenvalue weighted by atomic mass is 9.91. The Kier molecular flexibility index (Phi) is 8.31. The minimum absolute atomic E-state index is 0.194. The predicted octanol–water partition coefficient (Wildman–Crippen LogP) is 7.06. The van der Waals surface area contributed by atoms with Gasteiger partial charge >= 0.3 is 5.97 Å². The molecule has 1 aliphatic rings. The number of hydrogen-bond acceptors (Lipinski definition) is 5. The summed E-state index contributed by atoms with van der Waals surface area (Å²) in [6.07, 6.45) is 4.07. The molecular formula is C40H35N3O3S. The molecule has 7 rings (SSSR count). The van der Waals surface area contributed by atoms with Crippen molar-refractivity contribution in [2.75, 3.05) is 6.61 Å². The van der Waals surface area contributed by atoms with Gasteiger partial charge in [-0.2, -0.15) is 0 Å². The number of ether oxygens (including phenoxy) is 1. The van der Waals surface area contributed by atoms with Crippen LogP contribution in [0.5, 0.6) is 0 Å². The van der Waals surface area contributed by atoms with Crippen molar-refractivity contribution in [2.45, 2.75) is 39.3 Å². The molecule has 0 amide bonds. The third-order valence-electron chi connectivity index (χ3n) is 8.59. The first-order chi connectivity index (χ1) is 22.9. The molecule has 47 heavy (non-hydrogen) atoms. The Labute approximate surface area is 277 Å². The van der Waals surface area contributed by atoms with E-state index in [1.807, 2.05) is 78.9 Å². The van der Waals surface area contributed by atoms with E-state index >= 15 is 0 Å². The Morgan fingerprint density at radius 3 is 2.30 bits per heavy atom. The van der Waals surface area contributed by atoms with E-state index in [-0.39, 0.29) is 12.2 Å². The number of hydrogen-bond donors (Lipinski definition) is 0. The van der Waals surface area contributed by atoms with Gasteiger partial charge in [-0.1, -0.05) is 128 Å². The Morgan fingerprint density at radius 2 is 1.60 bits per heavy atom. The predicted molar refractivity (Wildman–Crippen MR) is 189 cm³/mol. The smallest absolute Gasteiger partial charge is 0.338 e. The molecule has 6 aromatic rings. The van der Waals surface area contributed by atoms with Crippen molar-refractivity contribution in [3.63, 3.8) is 0 Å². The normalized spacial score (nSPS) is 14.8. The first-order valence-electron chi connectivity index (χ1n) is 15.9. The molecule has 0 N–H and O–H groups in total. The number of esters is 1. The Morgan fingerprint density at radius 1 is 0.915 bits per heavy atom. The van der Waals surface area contributed by atoms with Crippen LogP contribution < -0.4 is 14.9 Å². The lowest BCUT2D eigenvalue weighted by Crippen LogP contribution is -2.40. The highest BCUT2D eigenvalue weighted by Gasteiger charge is 2.35. The van der Waals surface area contributed by atoms with Crippen LogP contribution in [0.1, 0.15) is 60.5 Å². The fourth-order valence-electron chi connectivity index (χ4n) is 6.26. The standard InChI is InChI=1S/C40H35N3O3S/c1-4-46-39(45)35-36(29-15-9-6-10-16-29)41-40-43(37(35)30-21-19-28(20-22-30)26(2)3)38(44)34(47-40)23-31-25-42(24-27-13-7-5-8-14-27)33-18-12-11-17-32(31)33/h5-23,25-26,37H,4,24H2,1-3H3. The van der Waals surface area contributed by atoms with Crippen LogP contribution in [0, 0.1) is 0 Å². The van der Waals surface area contributed by atoms with E-state index in [1.165, 1.54) is 22.5 Å².